The first kappa shape index (κ1) is 25.6. The Labute approximate surface area is 194 Å². The van der Waals surface area contributed by atoms with E-state index < -0.39 is 22.2 Å². The second-order valence-corrected chi connectivity index (χ2v) is 12.3. The van der Waals surface area contributed by atoms with Crippen LogP contribution in [0.15, 0.2) is 24.3 Å². The van der Waals surface area contributed by atoms with Crippen LogP contribution in [0.2, 0.25) is 0 Å². The molecule has 0 amide bonds. The van der Waals surface area contributed by atoms with Gasteiger partial charge >= 0.3 is 0 Å². The van der Waals surface area contributed by atoms with E-state index in [0.29, 0.717) is 13.2 Å². The van der Waals surface area contributed by atoms with E-state index in [0.717, 1.165) is 36.8 Å². The Morgan fingerprint density at radius 3 is 1.12 bits per heavy atom. The van der Waals surface area contributed by atoms with Crippen molar-refractivity contribution in [2.45, 2.75) is 129 Å². The number of ether oxygens (including phenoxy) is 2. The molecule has 0 spiro atoms. The van der Waals surface area contributed by atoms with Gasteiger partial charge in [0.05, 0.1) is 25.4 Å². The Morgan fingerprint density at radius 1 is 0.625 bits per heavy atom. The van der Waals surface area contributed by atoms with Gasteiger partial charge in [-0.05, 0) is 92.2 Å². The maximum absolute atomic E-state index is 12.5. The molecule has 2 aliphatic rings. The molecule has 180 valence electrons. The summed E-state index contributed by atoms with van der Waals surface area (Å²) >= 11 is 0. The molecule has 0 N–H and O–H groups in total. The lowest BCUT2D eigenvalue weighted by Gasteiger charge is -2.49. The molecule has 0 bridgehead atoms. The van der Waals surface area contributed by atoms with Gasteiger partial charge in [-0.25, -0.2) is 0 Å². The summed E-state index contributed by atoms with van der Waals surface area (Å²) in [5.74, 6) is 0. The predicted molar refractivity (Wildman–Crippen MR) is 123 cm³/mol. The molecule has 0 unspecified atom stereocenters. The number of benzene rings is 1. The molecule has 6 nitrogen and oxygen atoms in total. The zero-order valence-electron chi connectivity index (χ0n) is 21.2. The van der Waals surface area contributed by atoms with E-state index in [1.54, 1.807) is 0 Å². The molecule has 3 rings (SSSR count). The SMILES string of the molecule is CC1(C)CC(OCc2ccc(COC3CC(C)(C)N([O])C(C)(C)C3)cc2)CC(C)(C)N1[O]. The van der Waals surface area contributed by atoms with Crippen molar-refractivity contribution in [3.05, 3.63) is 35.4 Å². The van der Waals surface area contributed by atoms with Crippen molar-refractivity contribution in [1.29, 1.82) is 0 Å². The van der Waals surface area contributed by atoms with Crippen molar-refractivity contribution in [2.75, 3.05) is 0 Å². The minimum Gasteiger partial charge on any atom is -0.373 e. The topological polar surface area (TPSA) is 64.7 Å². The zero-order chi connectivity index (χ0) is 23.9. The van der Waals surface area contributed by atoms with Crippen LogP contribution in [0.1, 0.15) is 92.2 Å². The first-order valence-electron chi connectivity index (χ1n) is 11.9. The van der Waals surface area contributed by atoms with Crippen LogP contribution in [-0.2, 0) is 33.1 Å². The Kier molecular flexibility index (Phi) is 7.18. The lowest BCUT2D eigenvalue weighted by atomic mass is 9.80. The summed E-state index contributed by atoms with van der Waals surface area (Å²) in [5.41, 5.74) is 0.572. The van der Waals surface area contributed by atoms with Gasteiger partial charge in [0.15, 0.2) is 0 Å². The molecular formula is C26H42N2O4. The average Bonchev–Trinajstić information content (AvgIpc) is 2.67. The fourth-order valence-corrected chi connectivity index (χ4v) is 5.74. The van der Waals surface area contributed by atoms with Crippen LogP contribution in [0.4, 0.5) is 0 Å². The molecule has 0 atom stereocenters. The summed E-state index contributed by atoms with van der Waals surface area (Å²) in [6.45, 7) is 17.0. The lowest BCUT2D eigenvalue weighted by molar-refractivity contribution is -0.301. The molecule has 2 heterocycles. The minimum absolute atomic E-state index is 0.0757. The molecule has 2 fully saturated rings. The maximum Gasteiger partial charge on any atom is 0.0720 e. The van der Waals surface area contributed by atoms with E-state index in [1.807, 2.05) is 55.4 Å². The number of hydrogen-bond acceptors (Lipinski definition) is 4. The van der Waals surface area contributed by atoms with Gasteiger partial charge in [0.25, 0.3) is 0 Å². The van der Waals surface area contributed by atoms with Crippen LogP contribution in [0.3, 0.4) is 0 Å². The highest BCUT2D eigenvalue weighted by Gasteiger charge is 2.47. The standard InChI is InChI=1S/C26H42N2O4/c1-23(2)13-21(14-24(3,4)27(23)29)31-17-19-9-11-20(12-10-19)18-32-22-15-25(5,6)28(30)26(7,8)16-22/h9-12,21-22H,13-18H2,1-8H3. The van der Waals surface area contributed by atoms with Crippen LogP contribution in [0.5, 0.6) is 0 Å². The molecule has 0 aliphatic carbocycles. The van der Waals surface area contributed by atoms with Crippen LogP contribution in [0.25, 0.3) is 0 Å². The van der Waals surface area contributed by atoms with Crippen LogP contribution in [-0.4, -0.2) is 44.5 Å². The van der Waals surface area contributed by atoms with Gasteiger partial charge < -0.3 is 9.47 Å². The Bertz CT molecular complexity index is 672. The zero-order valence-corrected chi connectivity index (χ0v) is 21.2. The third-order valence-electron chi connectivity index (χ3n) is 7.10. The maximum atomic E-state index is 12.5. The fourth-order valence-electron chi connectivity index (χ4n) is 5.74. The Hall–Kier alpha value is -1.02. The van der Waals surface area contributed by atoms with Gasteiger partial charge in [-0.2, -0.15) is 0 Å². The molecular weight excluding hydrogens is 404 g/mol. The molecule has 6 heteroatoms. The van der Waals surface area contributed by atoms with Gasteiger partial charge in [-0.3, -0.25) is 0 Å². The van der Waals surface area contributed by atoms with Crippen molar-refractivity contribution in [3.63, 3.8) is 0 Å². The molecule has 32 heavy (non-hydrogen) atoms. The molecule has 2 saturated heterocycles. The summed E-state index contributed by atoms with van der Waals surface area (Å²) in [5, 5.41) is 27.5. The lowest BCUT2D eigenvalue weighted by Crippen LogP contribution is -2.59. The summed E-state index contributed by atoms with van der Waals surface area (Å²) in [6.07, 6.45) is 3.10. The van der Waals surface area contributed by atoms with E-state index in [2.05, 4.69) is 24.3 Å². The fraction of sp³-hybridized carbons (Fsp3) is 0.769. The number of hydrogen-bond donors (Lipinski definition) is 0. The quantitative estimate of drug-likeness (QED) is 0.582. The number of hydroxylamine groups is 4. The van der Waals surface area contributed by atoms with E-state index in [1.165, 1.54) is 10.1 Å². The second kappa shape index (κ2) is 8.97. The Balaban J connectivity index is 1.51. The summed E-state index contributed by atoms with van der Waals surface area (Å²) in [4.78, 5) is 0. The summed E-state index contributed by atoms with van der Waals surface area (Å²) in [6, 6.07) is 8.36. The highest BCUT2D eigenvalue weighted by atomic mass is 16.5. The first-order chi connectivity index (χ1) is 14.6. The minimum atomic E-state index is -0.418. The van der Waals surface area contributed by atoms with Gasteiger partial charge in [0, 0.05) is 22.2 Å². The molecule has 2 radical (unpaired) electrons. The van der Waals surface area contributed by atoms with E-state index in [4.69, 9.17) is 9.47 Å². The van der Waals surface area contributed by atoms with Crippen molar-refractivity contribution in [2.24, 2.45) is 0 Å². The van der Waals surface area contributed by atoms with Gasteiger partial charge in [0.2, 0.25) is 0 Å². The van der Waals surface area contributed by atoms with Gasteiger partial charge in [0.1, 0.15) is 0 Å². The molecule has 1 aromatic carbocycles. The van der Waals surface area contributed by atoms with Crippen molar-refractivity contribution < 1.29 is 19.9 Å². The number of rotatable bonds is 6. The van der Waals surface area contributed by atoms with E-state index in [-0.39, 0.29) is 12.2 Å². The third kappa shape index (κ3) is 5.72. The summed E-state index contributed by atoms with van der Waals surface area (Å²) in [7, 11) is 0. The van der Waals surface area contributed by atoms with Gasteiger partial charge in [-0.15, -0.1) is 20.5 Å². The first-order valence-corrected chi connectivity index (χ1v) is 11.9. The average molecular weight is 447 g/mol. The van der Waals surface area contributed by atoms with Crippen molar-refractivity contribution in [1.82, 2.24) is 10.1 Å². The smallest absolute Gasteiger partial charge is 0.0720 e. The highest BCUT2D eigenvalue weighted by molar-refractivity contribution is 5.21. The number of nitrogens with zero attached hydrogens (tertiary/aromatic N) is 2. The normalized spacial score (nSPS) is 26.3. The molecule has 1 aromatic rings. The highest BCUT2D eigenvalue weighted by Crippen LogP contribution is 2.39. The Morgan fingerprint density at radius 2 is 0.875 bits per heavy atom. The number of piperidine rings is 2. The molecule has 0 aromatic heterocycles. The second-order valence-electron chi connectivity index (χ2n) is 12.3. The van der Waals surface area contributed by atoms with E-state index in [9.17, 15) is 10.4 Å². The summed E-state index contributed by atoms with van der Waals surface area (Å²) < 4.78 is 12.4. The monoisotopic (exact) mass is 446 g/mol. The van der Waals surface area contributed by atoms with Crippen molar-refractivity contribution in [3.8, 4) is 0 Å². The van der Waals surface area contributed by atoms with Crippen LogP contribution in [0, 0.1) is 0 Å². The van der Waals surface area contributed by atoms with Gasteiger partial charge in [-0.1, -0.05) is 24.3 Å². The third-order valence-corrected chi connectivity index (χ3v) is 7.10. The molecule has 2 aliphatic heterocycles. The van der Waals surface area contributed by atoms with E-state index >= 15 is 0 Å². The van der Waals surface area contributed by atoms with Crippen LogP contribution < -0.4 is 0 Å². The van der Waals surface area contributed by atoms with Crippen LogP contribution >= 0.6 is 0 Å². The molecule has 0 saturated carbocycles. The largest absolute Gasteiger partial charge is 0.373 e. The van der Waals surface area contributed by atoms with Crippen molar-refractivity contribution >= 4 is 0 Å². The predicted octanol–water partition coefficient (Wildman–Crippen LogP) is 5.45.